The van der Waals surface area contributed by atoms with Crippen LogP contribution >= 0.6 is 0 Å². The predicted molar refractivity (Wildman–Crippen MR) is 157 cm³/mol. The Bertz CT molecular complexity index is 1730. The third-order valence-electron chi connectivity index (χ3n) is 11.1. The largest absolute Gasteiger partial charge is 0.278 e. The van der Waals surface area contributed by atoms with Gasteiger partial charge in [-0.2, -0.15) is 10.1 Å². The van der Waals surface area contributed by atoms with Gasteiger partial charge in [0.25, 0.3) is 11.8 Å². The number of hydrogen-bond donors (Lipinski definition) is 0. The highest BCUT2D eigenvalue weighted by atomic mass is 16.2. The number of amides is 4. The molecule has 2 heterocycles. The minimum absolute atomic E-state index is 0.0568. The summed E-state index contributed by atoms with van der Waals surface area (Å²) in [6.07, 6.45) is 7.66. The molecular weight excluding hydrogens is 538 g/mol. The molecule has 11 rings (SSSR count). The number of benzene rings is 3. The molecule has 2 aliphatic heterocycles. The number of carbonyl (C=O) groups excluding carboxylic acids is 4. The van der Waals surface area contributed by atoms with Gasteiger partial charge in [0, 0.05) is 12.1 Å². The van der Waals surface area contributed by atoms with Crippen molar-refractivity contribution in [3.63, 3.8) is 0 Å². The second-order valence-corrected chi connectivity index (χ2v) is 12.8. The summed E-state index contributed by atoms with van der Waals surface area (Å²) in [5.74, 6) is -3.22. The molecule has 4 amide bonds. The highest BCUT2D eigenvalue weighted by Crippen LogP contribution is 2.63. The molecule has 7 heteroatoms. The first-order valence-electron chi connectivity index (χ1n) is 15.2. The Kier molecular flexibility index (Phi) is 5.03. The molecule has 7 nitrogen and oxygen atoms in total. The van der Waals surface area contributed by atoms with Crippen molar-refractivity contribution in [2.24, 2.45) is 40.6 Å². The fourth-order valence-electron chi connectivity index (χ4n) is 9.35. The predicted octanol–water partition coefficient (Wildman–Crippen LogP) is 4.42. The summed E-state index contributed by atoms with van der Waals surface area (Å²) in [5.41, 5.74) is 3.57. The van der Waals surface area contributed by atoms with Crippen molar-refractivity contribution in [3.05, 3.63) is 119 Å². The van der Waals surface area contributed by atoms with Crippen LogP contribution in [0.4, 0.5) is 0 Å². The summed E-state index contributed by atoms with van der Waals surface area (Å²) in [4.78, 5) is 57.6. The summed E-state index contributed by atoms with van der Waals surface area (Å²) >= 11 is 0. The SMILES string of the molecule is O=C1[C@@H]2C3c4ccccc4C(/C=N\N4C(=O)[C@H]5[C@H](C4=O)[C@H]4C=C[C@H]5CC4)(c4ccccc43)[C@H]2C(=O)N1Cc1ccccc1. The highest BCUT2D eigenvalue weighted by Gasteiger charge is 2.68. The number of likely N-dealkylation sites (tertiary alicyclic amines) is 1. The minimum atomic E-state index is -1.11. The van der Waals surface area contributed by atoms with Gasteiger partial charge in [0.15, 0.2) is 0 Å². The van der Waals surface area contributed by atoms with Crippen molar-refractivity contribution < 1.29 is 19.2 Å². The number of hydrogen-bond acceptors (Lipinski definition) is 5. The second-order valence-electron chi connectivity index (χ2n) is 12.8. The van der Waals surface area contributed by atoms with E-state index in [9.17, 15) is 19.2 Å². The minimum Gasteiger partial charge on any atom is -0.278 e. The molecule has 43 heavy (non-hydrogen) atoms. The van der Waals surface area contributed by atoms with E-state index >= 15 is 0 Å². The Morgan fingerprint density at radius 2 is 1.23 bits per heavy atom. The average Bonchev–Trinajstić information content (AvgIpc) is 3.47. The van der Waals surface area contributed by atoms with Crippen molar-refractivity contribution >= 4 is 29.8 Å². The van der Waals surface area contributed by atoms with Crippen LogP contribution in [0.5, 0.6) is 0 Å². The molecule has 6 aliphatic carbocycles. The van der Waals surface area contributed by atoms with E-state index in [-0.39, 0.29) is 59.8 Å². The first-order valence-corrected chi connectivity index (χ1v) is 15.2. The summed E-state index contributed by atoms with van der Waals surface area (Å²) < 4.78 is 0. The first-order chi connectivity index (χ1) is 21.0. The van der Waals surface area contributed by atoms with E-state index in [0.29, 0.717) is 0 Å². The molecule has 6 atom stereocenters. The summed E-state index contributed by atoms with van der Waals surface area (Å²) in [6.45, 7) is 0.195. The van der Waals surface area contributed by atoms with Gasteiger partial charge in [0.05, 0.1) is 35.6 Å². The highest BCUT2D eigenvalue weighted by molar-refractivity contribution is 6.12. The van der Waals surface area contributed by atoms with Crippen molar-refractivity contribution in [3.8, 4) is 0 Å². The first kappa shape index (κ1) is 24.9. The van der Waals surface area contributed by atoms with Crippen LogP contribution in [0.2, 0.25) is 0 Å². The van der Waals surface area contributed by atoms with Crippen LogP contribution in [-0.2, 0) is 31.1 Å². The topological polar surface area (TPSA) is 87.1 Å². The number of hydrazone groups is 1. The normalized spacial score (nSPS) is 34.7. The third kappa shape index (κ3) is 3.07. The van der Waals surface area contributed by atoms with Crippen LogP contribution in [0.3, 0.4) is 0 Å². The van der Waals surface area contributed by atoms with Crippen LogP contribution in [0.15, 0.2) is 96.1 Å². The number of rotatable bonds is 4. The lowest BCUT2D eigenvalue weighted by molar-refractivity contribution is -0.141. The lowest BCUT2D eigenvalue weighted by Gasteiger charge is -2.52. The number of imide groups is 2. The van der Waals surface area contributed by atoms with E-state index in [1.165, 1.54) is 4.90 Å². The van der Waals surface area contributed by atoms with Gasteiger partial charge in [0.1, 0.15) is 0 Å². The maximum absolute atomic E-state index is 14.5. The maximum Gasteiger partial charge on any atom is 0.254 e. The summed E-state index contributed by atoms with van der Waals surface area (Å²) in [7, 11) is 0. The molecule has 4 bridgehead atoms. The molecule has 212 valence electrons. The standard InChI is InChI=1S/C36H29N3O4/c40-32-30-29-23-10-4-6-12-25(23)36(26-13-7-5-11-24(26)29,31(30)35(43)38(32)18-20-8-2-1-3-9-20)19-37-39-33(41)27-21-14-15-22(17-16-21)28(27)34(39)42/h1-15,19,21-22,27-31H,16-18H2/b37-19-/t21-,22-,27+,28+,29?,30+,31+,36?/m0/s1. The Hall–Kier alpha value is -4.65. The molecule has 3 aromatic carbocycles. The fraction of sp³-hybridized carbons (Fsp3) is 0.306. The van der Waals surface area contributed by atoms with Crippen molar-refractivity contribution in [1.29, 1.82) is 0 Å². The summed E-state index contributed by atoms with van der Waals surface area (Å²) in [6, 6.07) is 25.5. The Morgan fingerprint density at radius 3 is 1.81 bits per heavy atom. The van der Waals surface area contributed by atoms with Gasteiger partial charge in [-0.05, 0) is 52.5 Å². The van der Waals surface area contributed by atoms with Crippen LogP contribution in [-0.4, -0.2) is 39.8 Å². The number of carbonyl (C=O) groups is 4. The zero-order valence-corrected chi connectivity index (χ0v) is 23.4. The molecular formula is C36H29N3O4. The smallest absolute Gasteiger partial charge is 0.254 e. The Morgan fingerprint density at radius 1 is 0.674 bits per heavy atom. The molecule has 2 saturated heterocycles. The molecule has 8 aliphatic rings. The lowest BCUT2D eigenvalue weighted by atomic mass is 9.47. The van der Waals surface area contributed by atoms with Gasteiger partial charge < -0.3 is 0 Å². The molecule has 1 saturated carbocycles. The lowest BCUT2D eigenvalue weighted by Crippen LogP contribution is -2.55. The third-order valence-corrected chi connectivity index (χ3v) is 11.1. The molecule has 0 N–H and O–H groups in total. The van der Waals surface area contributed by atoms with E-state index in [4.69, 9.17) is 5.10 Å². The molecule has 0 spiro atoms. The van der Waals surface area contributed by atoms with E-state index in [2.05, 4.69) is 12.2 Å². The van der Waals surface area contributed by atoms with Crippen LogP contribution in [0.1, 0.15) is 46.6 Å². The average molecular weight is 568 g/mol. The number of nitrogens with zero attached hydrogens (tertiary/aromatic N) is 3. The number of fused-ring (bicyclic) bond motifs is 1. The van der Waals surface area contributed by atoms with Crippen LogP contribution in [0, 0.1) is 35.5 Å². The van der Waals surface area contributed by atoms with Crippen molar-refractivity contribution in [2.75, 3.05) is 0 Å². The van der Waals surface area contributed by atoms with E-state index in [1.54, 1.807) is 6.21 Å². The number of allylic oxidation sites excluding steroid dienone is 2. The molecule has 0 aromatic heterocycles. The van der Waals surface area contributed by atoms with Gasteiger partial charge >= 0.3 is 0 Å². The fourth-order valence-corrected chi connectivity index (χ4v) is 9.35. The Balaban J connectivity index is 1.21. The van der Waals surface area contributed by atoms with Gasteiger partial charge in [-0.25, -0.2) is 0 Å². The molecule has 0 unspecified atom stereocenters. The molecule has 3 aromatic rings. The van der Waals surface area contributed by atoms with Crippen LogP contribution in [0.25, 0.3) is 0 Å². The van der Waals surface area contributed by atoms with E-state index < -0.39 is 17.3 Å². The van der Waals surface area contributed by atoms with Gasteiger partial charge in [-0.15, -0.1) is 0 Å². The molecule has 3 fully saturated rings. The van der Waals surface area contributed by atoms with Gasteiger partial charge in [-0.3, -0.25) is 24.1 Å². The van der Waals surface area contributed by atoms with E-state index in [0.717, 1.165) is 45.7 Å². The monoisotopic (exact) mass is 567 g/mol. The van der Waals surface area contributed by atoms with Crippen LogP contribution < -0.4 is 0 Å². The summed E-state index contributed by atoms with van der Waals surface area (Å²) in [5, 5.41) is 5.80. The molecule has 0 radical (unpaired) electrons. The van der Waals surface area contributed by atoms with Gasteiger partial charge in [-0.1, -0.05) is 91.0 Å². The zero-order chi connectivity index (χ0) is 29.0. The zero-order valence-electron chi connectivity index (χ0n) is 23.4. The van der Waals surface area contributed by atoms with E-state index in [1.807, 2.05) is 78.9 Å². The Labute approximate surface area is 248 Å². The quantitative estimate of drug-likeness (QED) is 0.265. The van der Waals surface area contributed by atoms with Gasteiger partial charge in [0.2, 0.25) is 11.8 Å². The second kappa shape index (κ2) is 8.69. The van der Waals surface area contributed by atoms with Crippen molar-refractivity contribution in [2.45, 2.75) is 30.7 Å². The maximum atomic E-state index is 14.5. The van der Waals surface area contributed by atoms with Crippen molar-refractivity contribution in [1.82, 2.24) is 9.91 Å².